The van der Waals surface area contributed by atoms with Gasteiger partial charge in [-0.25, -0.2) is 0 Å². The lowest BCUT2D eigenvalue weighted by molar-refractivity contribution is 0.290. The fraction of sp³-hybridized carbons (Fsp3) is 0.250. The number of hydrogen-bond donors (Lipinski definition) is 1. The lowest BCUT2D eigenvalue weighted by atomic mass is 10.1. The minimum absolute atomic E-state index is 0.0907. The first-order valence-corrected chi connectivity index (χ1v) is 6.17. The van der Waals surface area contributed by atoms with Gasteiger partial charge in [-0.2, -0.15) is 0 Å². The molecule has 0 saturated carbocycles. The molecule has 0 aromatic heterocycles. The van der Waals surface area contributed by atoms with Gasteiger partial charge in [-0.05, 0) is 42.7 Å². The topological polar surface area (TPSA) is 35.2 Å². The zero-order valence-electron chi connectivity index (χ0n) is 10.9. The summed E-state index contributed by atoms with van der Waals surface area (Å²) in [6, 6.07) is 16.1. The summed E-state index contributed by atoms with van der Waals surface area (Å²) < 4.78 is 5.76. The van der Waals surface area contributed by atoms with E-state index in [4.69, 9.17) is 10.5 Å². The molecule has 0 heterocycles. The number of benzene rings is 2. The lowest BCUT2D eigenvalue weighted by Gasteiger charge is -2.14. The number of hydrogen-bond acceptors (Lipinski definition) is 2. The Morgan fingerprint density at radius 3 is 2.22 bits per heavy atom. The molecule has 0 spiro atoms. The van der Waals surface area contributed by atoms with Gasteiger partial charge in [0, 0.05) is 0 Å². The van der Waals surface area contributed by atoms with Crippen molar-refractivity contribution in [1.82, 2.24) is 0 Å². The number of ether oxygens (including phenoxy) is 1. The summed E-state index contributed by atoms with van der Waals surface area (Å²) in [5.74, 6) is 0.888. The second-order valence-corrected chi connectivity index (χ2v) is 4.65. The Balaban J connectivity index is 1.99. The molecule has 0 aliphatic rings. The first-order valence-electron chi connectivity index (χ1n) is 6.17. The normalized spacial score (nSPS) is 12.2. The van der Waals surface area contributed by atoms with Crippen LogP contribution in [0, 0.1) is 13.8 Å². The summed E-state index contributed by atoms with van der Waals surface area (Å²) in [6.45, 7) is 4.63. The summed E-state index contributed by atoms with van der Waals surface area (Å²) >= 11 is 0. The molecule has 2 N–H and O–H groups in total. The maximum absolute atomic E-state index is 6.09. The maximum atomic E-state index is 6.09. The van der Waals surface area contributed by atoms with Gasteiger partial charge in [0.15, 0.2) is 0 Å². The van der Waals surface area contributed by atoms with E-state index >= 15 is 0 Å². The van der Waals surface area contributed by atoms with Crippen molar-refractivity contribution in [3.8, 4) is 5.75 Å². The van der Waals surface area contributed by atoms with Gasteiger partial charge in [0.05, 0.1) is 6.04 Å². The molecule has 0 amide bonds. The Kier molecular flexibility index (Phi) is 4.00. The Morgan fingerprint density at radius 1 is 1.00 bits per heavy atom. The second kappa shape index (κ2) is 5.69. The van der Waals surface area contributed by atoms with Crippen molar-refractivity contribution in [2.75, 3.05) is 6.61 Å². The Morgan fingerprint density at radius 2 is 1.61 bits per heavy atom. The molecule has 0 radical (unpaired) electrons. The summed E-state index contributed by atoms with van der Waals surface area (Å²) in [6.07, 6.45) is 0. The minimum Gasteiger partial charge on any atom is -0.492 e. The van der Waals surface area contributed by atoms with E-state index in [1.807, 2.05) is 42.5 Å². The van der Waals surface area contributed by atoms with Crippen LogP contribution in [-0.4, -0.2) is 6.61 Å². The quantitative estimate of drug-likeness (QED) is 0.890. The molecular weight excluding hydrogens is 222 g/mol. The zero-order chi connectivity index (χ0) is 13.0. The molecule has 2 aromatic carbocycles. The number of nitrogens with two attached hydrogens (primary N) is 1. The summed E-state index contributed by atoms with van der Waals surface area (Å²) in [5.41, 5.74) is 9.61. The molecule has 2 rings (SSSR count). The maximum Gasteiger partial charge on any atom is 0.119 e. The molecule has 0 aliphatic heterocycles. The molecule has 94 valence electrons. The summed E-state index contributed by atoms with van der Waals surface area (Å²) in [7, 11) is 0. The minimum atomic E-state index is -0.0907. The monoisotopic (exact) mass is 241 g/mol. The first-order chi connectivity index (χ1) is 8.65. The van der Waals surface area contributed by atoms with Crippen LogP contribution in [0.5, 0.6) is 5.75 Å². The van der Waals surface area contributed by atoms with Crippen molar-refractivity contribution in [1.29, 1.82) is 0 Å². The Labute approximate surface area is 108 Å². The van der Waals surface area contributed by atoms with Crippen molar-refractivity contribution < 1.29 is 4.74 Å². The third-order valence-electron chi connectivity index (χ3n) is 2.85. The molecule has 0 unspecified atom stereocenters. The highest BCUT2D eigenvalue weighted by molar-refractivity contribution is 5.33. The van der Waals surface area contributed by atoms with Crippen molar-refractivity contribution in [2.45, 2.75) is 19.9 Å². The first kappa shape index (κ1) is 12.7. The average Bonchev–Trinajstić information content (AvgIpc) is 2.36. The molecule has 18 heavy (non-hydrogen) atoms. The van der Waals surface area contributed by atoms with Crippen LogP contribution in [0.15, 0.2) is 48.5 Å². The molecule has 0 fully saturated rings. The number of rotatable bonds is 4. The molecule has 0 bridgehead atoms. The van der Waals surface area contributed by atoms with E-state index in [2.05, 4.69) is 19.9 Å². The van der Waals surface area contributed by atoms with E-state index in [9.17, 15) is 0 Å². The van der Waals surface area contributed by atoms with Gasteiger partial charge in [-0.1, -0.05) is 36.4 Å². The van der Waals surface area contributed by atoms with E-state index < -0.39 is 0 Å². The molecule has 0 saturated heterocycles. The lowest BCUT2D eigenvalue weighted by Crippen LogP contribution is -2.18. The third kappa shape index (κ3) is 3.34. The van der Waals surface area contributed by atoms with E-state index in [1.165, 1.54) is 11.1 Å². The molecule has 2 heteroatoms. The molecule has 0 aliphatic carbocycles. The van der Waals surface area contributed by atoms with Crippen LogP contribution in [0.2, 0.25) is 0 Å². The zero-order valence-corrected chi connectivity index (χ0v) is 10.9. The van der Waals surface area contributed by atoms with E-state index in [1.54, 1.807) is 0 Å². The molecule has 2 aromatic rings. The molecule has 2 nitrogen and oxygen atoms in total. The van der Waals surface area contributed by atoms with Gasteiger partial charge in [0.25, 0.3) is 0 Å². The second-order valence-electron chi connectivity index (χ2n) is 4.65. The highest BCUT2D eigenvalue weighted by Gasteiger charge is 2.06. The highest BCUT2D eigenvalue weighted by Crippen LogP contribution is 2.18. The SMILES string of the molecule is Cc1cc(C)cc(OC[C@H](N)c2ccccc2)c1. The van der Waals surface area contributed by atoms with E-state index in [0.29, 0.717) is 6.61 Å². The molecular formula is C16H19NO. The standard InChI is InChI=1S/C16H19NO/c1-12-8-13(2)10-15(9-12)18-11-16(17)14-6-4-3-5-7-14/h3-10,16H,11,17H2,1-2H3/t16-/m0/s1. The largest absolute Gasteiger partial charge is 0.492 e. The van der Waals surface area contributed by atoms with Crippen LogP contribution in [0.3, 0.4) is 0 Å². The van der Waals surface area contributed by atoms with Gasteiger partial charge in [-0.15, -0.1) is 0 Å². The van der Waals surface area contributed by atoms with Crippen LogP contribution in [0.25, 0.3) is 0 Å². The van der Waals surface area contributed by atoms with Crippen molar-refractivity contribution in [3.63, 3.8) is 0 Å². The van der Waals surface area contributed by atoms with Gasteiger partial charge < -0.3 is 10.5 Å². The third-order valence-corrected chi connectivity index (χ3v) is 2.85. The predicted molar refractivity (Wildman–Crippen MR) is 74.8 cm³/mol. The van der Waals surface area contributed by atoms with Gasteiger partial charge in [0.1, 0.15) is 12.4 Å². The van der Waals surface area contributed by atoms with Crippen molar-refractivity contribution in [2.24, 2.45) is 5.73 Å². The Hall–Kier alpha value is -1.80. The van der Waals surface area contributed by atoms with Crippen LogP contribution >= 0.6 is 0 Å². The summed E-state index contributed by atoms with van der Waals surface area (Å²) in [4.78, 5) is 0. The fourth-order valence-electron chi connectivity index (χ4n) is 2.00. The Bertz CT molecular complexity index is 488. The highest BCUT2D eigenvalue weighted by atomic mass is 16.5. The smallest absolute Gasteiger partial charge is 0.119 e. The molecule has 1 atom stereocenters. The number of aryl methyl sites for hydroxylation is 2. The van der Waals surface area contributed by atoms with Gasteiger partial charge in [-0.3, -0.25) is 0 Å². The van der Waals surface area contributed by atoms with Crippen molar-refractivity contribution >= 4 is 0 Å². The van der Waals surface area contributed by atoms with Crippen LogP contribution < -0.4 is 10.5 Å². The van der Waals surface area contributed by atoms with E-state index in [-0.39, 0.29) is 6.04 Å². The van der Waals surface area contributed by atoms with Crippen LogP contribution in [0.1, 0.15) is 22.7 Å². The summed E-state index contributed by atoms with van der Waals surface area (Å²) in [5, 5.41) is 0. The predicted octanol–water partition coefficient (Wildman–Crippen LogP) is 3.38. The fourth-order valence-corrected chi connectivity index (χ4v) is 2.00. The van der Waals surface area contributed by atoms with Gasteiger partial charge in [0.2, 0.25) is 0 Å². The van der Waals surface area contributed by atoms with Gasteiger partial charge >= 0.3 is 0 Å². The van der Waals surface area contributed by atoms with Crippen LogP contribution in [-0.2, 0) is 0 Å². The van der Waals surface area contributed by atoms with Crippen LogP contribution in [0.4, 0.5) is 0 Å². The average molecular weight is 241 g/mol. The van der Waals surface area contributed by atoms with Crippen molar-refractivity contribution in [3.05, 3.63) is 65.2 Å². The van der Waals surface area contributed by atoms with E-state index in [0.717, 1.165) is 11.3 Å².